The molecule has 0 amide bonds. The van der Waals surface area contributed by atoms with Crippen molar-refractivity contribution < 1.29 is 4.74 Å². The predicted octanol–water partition coefficient (Wildman–Crippen LogP) is 2.93. The number of ether oxygens (including phenoxy) is 1. The molecule has 2 aromatic rings. The normalized spacial score (nSPS) is 23.1. The molecule has 0 aliphatic carbocycles. The summed E-state index contributed by atoms with van der Waals surface area (Å²) in [6.07, 6.45) is 3.96. The quantitative estimate of drug-likeness (QED) is 0.855. The highest BCUT2D eigenvalue weighted by Gasteiger charge is 2.28. The molecule has 18 heavy (non-hydrogen) atoms. The zero-order chi connectivity index (χ0) is 12.6. The van der Waals surface area contributed by atoms with E-state index in [1.807, 2.05) is 18.3 Å². The van der Waals surface area contributed by atoms with Crippen LogP contribution in [0.25, 0.3) is 10.9 Å². The van der Waals surface area contributed by atoms with E-state index in [-0.39, 0.29) is 5.60 Å². The Bertz CT molecular complexity index is 547. The average Bonchev–Trinajstić information content (AvgIpc) is 2.77. The molecule has 4 nitrogen and oxygen atoms in total. The van der Waals surface area contributed by atoms with E-state index in [0.29, 0.717) is 6.04 Å². The van der Waals surface area contributed by atoms with E-state index >= 15 is 0 Å². The largest absolute Gasteiger partial charge is 0.382 e. The molecule has 3 rings (SSSR count). The maximum absolute atomic E-state index is 5.75. The minimum Gasteiger partial charge on any atom is -0.382 e. The highest BCUT2D eigenvalue weighted by atomic mass is 16.5. The van der Waals surface area contributed by atoms with Crippen LogP contribution in [0.4, 0.5) is 5.69 Å². The fourth-order valence-electron chi connectivity index (χ4n) is 2.67. The summed E-state index contributed by atoms with van der Waals surface area (Å²) in [6.45, 7) is 5.13. The number of benzene rings is 1. The molecule has 1 aromatic carbocycles. The number of hydrogen-bond acceptors (Lipinski definition) is 3. The highest BCUT2D eigenvalue weighted by molar-refractivity contribution is 5.90. The summed E-state index contributed by atoms with van der Waals surface area (Å²) < 4.78 is 5.75. The van der Waals surface area contributed by atoms with Crippen molar-refractivity contribution in [1.82, 2.24) is 10.2 Å². The van der Waals surface area contributed by atoms with Gasteiger partial charge >= 0.3 is 0 Å². The zero-order valence-corrected chi connectivity index (χ0v) is 10.9. The number of fused-ring (bicyclic) bond motifs is 1. The summed E-state index contributed by atoms with van der Waals surface area (Å²) in [4.78, 5) is 0. The Balaban J connectivity index is 1.82. The van der Waals surface area contributed by atoms with Crippen LogP contribution in [-0.2, 0) is 4.74 Å². The van der Waals surface area contributed by atoms with Gasteiger partial charge in [0.1, 0.15) is 0 Å². The van der Waals surface area contributed by atoms with E-state index in [9.17, 15) is 0 Å². The lowest BCUT2D eigenvalue weighted by atomic mass is 9.93. The van der Waals surface area contributed by atoms with Crippen molar-refractivity contribution in [2.75, 3.05) is 11.9 Å². The van der Waals surface area contributed by atoms with Gasteiger partial charge < -0.3 is 10.1 Å². The van der Waals surface area contributed by atoms with Gasteiger partial charge in [-0.25, -0.2) is 0 Å². The van der Waals surface area contributed by atoms with E-state index in [4.69, 9.17) is 4.74 Å². The van der Waals surface area contributed by atoms with Gasteiger partial charge in [-0.3, -0.25) is 5.10 Å². The SMILES string of the molecule is CC1(C)CC(Nc2cccc3[nH]ncc23)CCO1. The Hall–Kier alpha value is -1.55. The topological polar surface area (TPSA) is 49.9 Å². The minimum atomic E-state index is -0.0276. The fraction of sp³-hybridized carbons (Fsp3) is 0.500. The fourth-order valence-corrected chi connectivity index (χ4v) is 2.67. The number of nitrogens with one attached hydrogen (secondary N) is 2. The Morgan fingerprint density at radius 2 is 2.33 bits per heavy atom. The molecule has 1 unspecified atom stereocenters. The van der Waals surface area contributed by atoms with Crippen molar-refractivity contribution in [3.63, 3.8) is 0 Å². The number of H-pyrrole nitrogens is 1. The van der Waals surface area contributed by atoms with Crippen LogP contribution in [0.15, 0.2) is 24.4 Å². The van der Waals surface area contributed by atoms with Crippen molar-refractivity contribution >= 4 is 16.6 Å². The van der Waals surface area contributed by atoms with Gasteiger partial charge in [-0.05, 0) is 38.8 Å². The van der Waals surface area contributed by atoms with Crippen LogP contribution in [0.3, 0.4) is 0 Å². The number of aromatic nitrogens is 2. The lowest BCUT2D eigenvalue weighted by molar-refractivity contribution is -0.0553. The molecule has 1 aliphatic rings. The number of rotatable bonds is 2. The van der Waals surface area contributed by atoms with Crippen LogP contribution < -0.4 is 5.32 Å². The molecular weight excluding hydrogens is 226 g/mol. The number of nitrogens with zero attached hydrogens (tertiary/aromatic N) is 1. The first-order valence-corrected chi connectivity index (χ1v) is 6.47. The second-order valence-corrected chi connectivity index (χ2v) is 5.58. The molecule has 4 heteroatoms. The molecule has 0 bridgehead atoms. The van der Waals surface area contributed by atoms with Gasteiger partial charge in [0.15, 0.2) is 0 Å². The minimum absolute atomic E-state index is 0.0276. The van der Waals surface area contributed by atoms with E-state index in [2.05, 4.69) is 35.4 Å². The standard InChI is InChI=1S/C14H19N3O/c1-14(2)8-10(6-7-18-14)16-12-4-3-5-13-11(12)9-15-17-13/h3-5,9-10,16H,6-8H2,1-2H3,(H,15,17). The molecule has 1 saturated heterocycles. The third-order valence-corrected chi connectivity index (χ3v) is 3.54. The van der Waals surface area contributed by atoms with Crippen molar-refractivity contribution in [2.24, 2.45) is 0 Å². The molecular formula is C14H19N3O. The Kier molecular flexibility index (Phi) is 2.74. The average molecular weight is 245 g/mol. The summed E-state index contributed by atoms with van der Waals surface area (Å²) in [5.41, 5.74) is 2.20. The number of aromatic amines is 1. The van der Waals surface area contributed by atoms with Gasteiger partial charge in [-0.15, -0.1) is 0 Å². The Morgan fingerprint density at radius 1 is 1.44 bits per heavy atom. The van der Waals surface area contributed by atoms with E-state index in [1.54, 1.807) is 0 Å². The molecule has 1 aromatic heterocycles. The Labute approximate surface area is 107 Å². The van der Waals surface area contributed by atoms with Gasteiger partial charge in [-0.1, -0.05) is 6.07 Å². The molecule has 0 saturated carbocycles. The van der Waals surface area contributed by atoms with Crippen LogP contribution in [-0.4, -0.2) is 28.4 Å². The van der Waals surface area contributed by atoms with Gasteiger partial charge in [-0.2, -0.15) is 5.10 Å². The number of hydrogen-bond donors (Lipinski definition) is 2. The molecule has 1 fully saturated rings. The molecule has 1 aliphatic heterocycles. The zero-order valence-electron chi connectivity index (χ0n) is 10.9. The van der Waals surface area contributed by atoms with Crippen LogP contribution in [0.2, 0.25) is 0 Å². The predicted molar refractivity (Wildman–Crippen MR) is 72.8 cm³/mol. The highest BCUT2D eigenvalue weighted by Crippen LogP contribution is 2.28. The lowest BCUT2D eigenvalue weighted by Crippen LogP contribution is -2.40. The van der Waals surface area contributed by atoms with Gasteiger partial charge in [0.2, 0.25) is 0 Å². The van der Waals surface area contributed by atoms with Crippen molar-refractivity contribution in [3.05, 3.63) is 24.4 Å². The summed E-state index contributed by atoms with van der Waals surface area (Å²) in [5, 5.41) is 11.9. The molecule has 0 spiro atoms. The van der Waals surface area contributed by atoms with E-state index in [0.717, 1.165) is 36.0 Å². The summed E-state index contributed by atoms with van der Waals surface area (Å²) in [5.74, 6) is 0. The third kappa shape index (κ3) is 2.20. The summed E-state index contributed by atoms with van der Waals surface area (Å²) in [7, 11) is 0. The molecule has 0 radical (unpaired) electrons. The lowest BCUT2D eigenvalue weighted by Gasteiger charge is -2.36. The second kappa shape index (κ2) is 4.28. The van der Waals surface area contributed by atoms with Crippen LogP contribution >= 0.6 is 0 Å². The summed E-state index contributed by atoms with van der Waals surface area (Å²) in [6, 6.07) is 6.67. The van der Waals surface area contributed by atoms with Crippen molar-refractivity contribution in [2.45, 2.75) is 38.3 Å². The molecule has 2 N–H and O–H groups in total. The Morgan fingerprint density at radius 3 is 3.17 bits per heavy atom. The van der Waals surface area contributed by atoms with Gasteiger partial charge in [0.25, 0.3) is 0 Å². The van der Waals surface area contributed by atoms with Gasteiger partial charge in [0, 0.05) is 23.7 Å². The second-order valence-electron chi connectivity index (χ2n) is 5.58. The first-order valence-electron chi connectivity index (χ1n) is 6.47. The maximum Gasteiger partial charge on any atom is 0.0671 e. The van der Waals surface area contributed by atoms with Crippen LogP contribution in [0.1, 0.15) is 26.7 Å². The molecule has 2 heterocycles. The van der Waals surface area contributed by atoms with Crippen molar-refractivity contribution in [1.29, 1.82) is 0 Å². The first kappa shape index (κ1) is 11.5. The van der Waals surface area contributed by atoms with Crippen molar-refractivity contribution in [3.8, 4) is 0 Å². The molecule has 96 valence electrons. The van der Waals surface area contributed by atoms with E-state index in [1.165, 1.54) is 0 Å². The van der Waals surface area contributed by atoms with Crippen LogP contribution in [0.5, 0.6) is 0 Å². The third-order valence-electron chi connectivity index (χ3n) is 3.54. The maximum atomic E-state index is 5.75. The molecule has 1 atom stereocenters. The number of anilines is 1. The summed E-state index contributed by atoms with van der Waals surface area (Å²) >= 11 is 0. The smallest absolute Gasteiger partial charge is 0.0671 e. The monoisotopic (exact) mass is 245 g/mol. The van der Waals surface area contributed by atoms with E-state index < -0.39 is 0 Å². The first-order chi connectivity index (χ1) is 8.64. The van der Waals surface area contributed by atoms with Gasteiger partial charge in [0.05, 0.1) is 17.3 Å². The van der Waals surface area contributed by atoms with Crippen LogP contribution in [0, 0.1) is 0 Å².